The summed E-state index contributed by atoms with van der Waals surface area (Å²) in [6.45, 7) is 0.985. The zero-order valence-corrected chi connectivity index (χ0v) is 18.2. The number of benzene rings is 2. The molecule has 0 saturated carbocycles. The molecule has 2 heterocycles. The van der Waals surface area contributed by atoms with Crippen LogP contribution < -0.4 is 10.1 Å². The standard InChI is InChI=1S/C24H20ClN3O2S/c25-19-8-4-17(5-9-19)15-30-21-10-6-18(7-11-21)24-28-22(16-31-24)23(29)27-14-12-20-3-1-2-13-26-20/h1-11,13,16H,12,14-15H2,(H,27,29). The van der Waals surface area contributed by atoms with Crippen molar-refractivity contribution in [2.24, 2.45) is 0 Å². The van der Waals surface area contributed by atoms with Gasteiger partial charge in [0.1, 0.15) is 23.1 Å². The highest BCUT2D eigenvalue weighted by Crippen LogP contribution is 2.26. The normalized spacial score (nSPS) is 10.6. The molecular weight excluding hydrogens is 430 g/mol. The van der Waals surface area contributed by atoms with Crippen LogP contribution in [0.1, 0.15) is 21.7 Å². The number of pyridine rings is 1. The van der Waals surface area contributed by atoms with Crippen molar-refractivity contribution in [2.75, 3.05) is 6.54 Å². The fourth-order valence-electron chi connectivity index (χ4n) is 2.89. The first-order valence-electron chi connectivity index (χ1n) is 9.79. The lowest BCUT2D eigenvalue weighted by atomic mass is 10.2. The highest BCUT2D eigenvalue weighted by Gasteiger charge is 2.12. The van der Waals surface area contributed by atoms with Gasteiger partial charge in [0.2, 0.25) is 0 Å². The summed E-state index contributed by atoms with van der Waals surface area (Å²) in [5.41, 5.74) is 3.35. The van der Waals surface area contributed by atoms with Gasteiger partial charge in [0.05, 0.1) is 0 Å². The molecule has 4 rings (SSSR count). The topological polar surface area (TPSA) is 64.1 Å². The summed E-state index contributed by atoms with van der Waals surface area (Å²) in [5, 5.41) is 6.17. The van der Waals surface area contributed by atoms with E-state index in [1.807, 2.05) is 66.7 Å². The SMILES string of the molecule is O=C(NCCc1ccccn1)c1csc(-c2ccc(OCc3ccc(Cl)cc3)cc2)n1. The first-order chi connectivity index (χ1) is 15.2. The Morgan fingerprint density at radius 3 is 2.58 bits per heavy atom. The quantitative estimate of drug-likeness (QED) is 0.390. The summed E-state index contributed by atoms with van der Waals surface area (Å²) in [4.78, 5) is 21.1. The van der Waals surface area contributed by atoms with E-state index in [2.05, 4.69) is 15.3 Å². The van der Waals surface area contributed by atoms with Gasteiger partial charge in [0, 0.05) is 40.8 Å². The van der Waals surface area contributed by atoms with Crippen molar-refractivity contribution in [1.82, 2.24) is 15.3 Å². The highest BCUT2D eigenvalue weighted by molar-refractivity contribution is 7.13. The fourth-order valence-corrected chi connectivity index (χ4v) is 3.82. The van der Waals surface area contributed by atoms with Crippen LogP contribution in [-0.2, 0) is 13.0 Å². The van der Waals surface area contributed by atoms with Gasteiger partial charge in [-0.15, -0.1) is 11.3 Å². The minimum Gasteiger partial charge on any atom is -0.489 e. The summed E-state index contributed by atoms with van der Waals surface area (Å²) < 4.78 is 5.82. The molecule has 1 N–H and O–H groups in total. The van der Waals surface area contributed by atoms with E-state index in [1.165, 1.54) is 11.3 Å². The molecule has 0 spiro atoms. The van der Waals surface area contributed by atoms with Gasteiger partial charge in [0.15, 0.2) is 0 Å². The molecule has 0 radical (unpaired) electrons. The molecule has 1 amide bonds. The second-order valence-corrected chi connectivity index (χ2v) is 8.10. The van der Waals surface area contributed by atoms with E-state index in [0.717, 1.165) is 27.6 Å². The van der Waals surface area contributed by atoms with Crippen molar-refractivity contribution >= 4 is 28.8 Å². The maximum Gasteiger partial charge on any atom is 0.270 e. The van der Waals surface area contributed by atoms with Crippen LogP contribution in [0.25, 0.3) is 10.6 Å². The number of carbonyl (C=O) groups excluding carboxylic acids is 1. The molecule has 0 aliphatic carbocycles. The molecule has 156 valence electrons. The summed E-state index contributed by atoms with van der Waals surface area (Å²) in [5.74, 6) is 0.587. The van der Waals surface area contributed by atoms with Gasteiger partial charge in [-0.2, -0.15) is 0 Å². The van der Waals surface area contributed by atoms with Gasteiger partial charge < -0.3 is 10.1 Å². The predicted octanol–water partition coefficient (Wildman–Crippen LogP) is 5.41. The summed E-state index contributed by atoms with van der Waals surface area (Å²) >= 11 is 7.34. The van der Waals surface area contributed by atoms with Gasteiger partial charge in [0.25, 0.3) is 5.91 Å². The summed E-state index contributed by atoms with van der Waals surface area (Å²) in [7, 11) is 0. The zero-order chi connectivity index (χ0) is 21.5. The van der Waals surface area contributed by atoms with Crippen LogP contribution in [-0.4, -0.2) is 22.4 Å². The molecule has 0 saturated heterocycles. The molecule has 4 aromatic rings. The molecule has 0 aliphatic heterocycles. The van der Waals surface area contributed by atoms with Crippen LogP contribution >= 0.6 is 22.9 Å². The second-order valence-electron chi connectivity index (χ2n) is 6.80. The maximum absolute atomic E-state index is 12.4. The van der Waals surface area contributed by atoms with E-state index in [4.69, 9.17) is 16.3 Å². The van der Waals surface area contributed by atoms with E-state index in [0.29, 0.717) is 30.3 Å². The number of amides is 1. The summed E-state index contributed by atoms with van der Waals surface area (Å²) in [6.07, 6.45) is 2.43. The lowest BCUT2D eigenvalue weighted by Crippen LogP contribution is -2.26. The zero-order valence-electron chi connectivity index (χ0n) is 16.6. The minimum atomic E-state index is -0.179. The smallest absolute Gasteiger partial charge is 0.270 e. The number of aromatic nitrogens is 2. The van der Waals surface area contributed by atoms with Crippen LogP contribution in [0.15, 0.2) is 78.3 Å². The maximum atomic E-state index is 12.4. The number of halogens is 1. The van der Waals surface area contributed by atoms with Crippen LogP contribution in [0, 0.1) is 0 Å². The van der Waals surface area contributed by atoms with E-state index >= 15 is 0 Å². The molecule has 5 nitrogen and oxygen atoms in total. The number of rotatable bonds is 8. The number of ether oxygens (including phenoxy) is 1. The van der Waals surface area contributed by atoms with Gasteiger partial charge >= 0.3 is 0 Å². The number of hydrogen-bond donors (Lipinski definition) is 1. The van der Waals surface area contributed by atoms with E-state index in [-0.39, 0.29) is 5.91 Å². The largest absolute Gasteiger partial charge is 0.489 e. The van der Waals surface area contributed by atoms with Crippen molar-refractivity contribution in [3.8, 4) is 16.3 Å². The lowest BCUT2D eigenvalue weighted by molar-refractivity contribution is 0.0950. The molecule has 7 heteroatoms. The van der Waals surface area contributed by atoms with Crippen LogP contribution in [0.3, 0.4) is 0 Å². The van der Waals surface area contributed by atoms with Gasteiger partial charge in [-0.3, -0.25) is 9.78 Å². The number of thiazole rings is 1. The van der Waals surface area contributed by atoms with Gasteiger partial charge in [-0.25, -0.2) is 4.98 Å². The first-order valence-corrected chi connectivity index (χ1v) is 11.0. The van der Waals surface area contributed by atoms with Crippen LogP contribution in [0.5, 0.6) is 5.75 Å². The average Bonchev–Trinajstić information content (AvgIpc) is 3.30. The third kappa shape index (κ3) is 5.90. The molecule has 0 fully saturated rings. The fraction of sp³-hybridized carbons (Fsp3) is 0.125. The number of nitrogens with one attached hydrogen (secondary N) is 1. The molecule has 2 aromatic heterocycles. The van der Waals surface area contributed by atoms with Crippen LogP contribution in [0.4, 0.5) is 0 Å². The Morgan fingerprint density at radius 2 is 1.84 bits per heavy atom. The Balaban J connectivity index is 1.30. The molecule has 31 heavy (non-hydrogen) atoms. The molecule has 0 unspecified atom stereocenters. The van der Waals surface area contributed by atoms with Crippen molar-refractivity contribution in [1.29, 1.82) is 0 Å². The van der Waals surface area contributed by atoms with E-state index in [9.17, 15) is 4.79 Å². The molecular formula is C24H20ClN3O2S. The number of hydrogen-bond acceptors (Lipinski definition) is 5. The number of nitrogens with zero attached hydrogens (tertiary/aromatic N) is 2. The van der Waals surface area contributed by atoms with E-state index in [1.54, 1.807) is 11.6 Å². The van der Waals surface area contributed by atoms with Crippen molar-refractivity contribution < 1.29 is 9.53 Å². The Morgan fingerprint density at radius 1 is 1.03 bits per heavy atom. The van der Waals surface area contributed by atoms with Crippen molar-refractivity contribution in [3.05, 3.63) is 100 Å². The highest BCUT2D eigenvalue weighted by atomic mass is 35.5. The van der Waals surface area contributed by atoms with E-state index < -0.39 is 0 Å². The monoisotopic (exact) mass is 449 g/mol. The predicted molar refractivity (Wildman–Crippen MR) is 124 cm³/mol. The Hall–Kier alpha value is -3.22. The lowest BCUT2D eigenvalue weighted by Gasteiger charge is -2.07. The van der Waals surface area contributed by atoms with Gasteiger partial charge in [-0.05, 0) is 54.1 Å². The molecule has 2 aromatic carbocycles. The third-order valence-corrected chi connectivity index (χ3v) is 5.69. The molecule has 0 aliphatic rings. The molecule has 0 bridgehead atoms. The average molecular weight is 450 g/mol. The van der Waals surface area contributed by atoms with Crippen molar-refractivity contribution in [2.45, 2.75) is 13.0 Å². The Kier molecular flexibility index (Phi) is 6.92. The first kappa shape index (κ1) is 21.0. The summed E-state index contributed by atoms with van der Waals surface area (Å²) in [6, 6.07) is 21.0. The van der Waals surface area contributed by atoms with Crippen LogP contribution in [0.2, 0.25) is 5.02 Å². The minimum absolute atomic E-state index is 0.179. The number of carbonyl (C=O) groups is 1. The van der Waals surface area contributed by atoms with Gasteiger partial charge in [-0.1, -0.05) is 29.8 Å². The Labute approximate surface area is 189 Å². The Bertz CT molecular complexity index is 1130. The van der Waals surface area contributed by atoms with Crippen molar-refractivity contribution in [3.63, 3.8) is 0 Å². The second kappa shape index (κ2) is 10.2. The third-order valence-electron chi connectivity index (χ3n) is 4.55. The molecule has 0 atom stereocenters.